The van der Waals surface area contributed by atoms with E-state index in [9.17, 15) is 0 Å². The summed E-state index contributed by atoms with van der Waals surface area (Å²) < 4.78 is 0. The Morgan fingerprint density at radius 2 is 1.68 bits per heavy atom. The maximum Gasteiger partial charge on any atom is 0.0639 e. The minimum atomic E-state index is 0.0180. The van der Waals surface area contributed by atoms with Crippen LogP contribution >= 0.6 is 0 Å². The van der Waals surface area contributed by atoms with Crippen LogP contribution in [0.2, 0.25) is 0 Å². The second kappa shape index (κ2) is 5.80. The average molecular weight is 290 g/mol. The third-order valence-corrected chi connectivity index (χ3v) is 4.39. The van der Waals surface area contributed by atoms with Crippen LogP contribution < -0.4 is 4.90 Å². The molecule has 0 N–H and O–H groups in total. The van der Waals surface area contributed by atoms with Crippen molar-refractivity contribution in [3.63, 3.8) is 0 Å². The average Bonchev–Trinajstić information content (AvgIpc) is 2.73. The lowest BCUT2D eigenvalue weighted by atomic mass is 9.84. The van der Waals surface area contributed by atoms with Crippen molar-refractivity contribution in [3.8, 4) is 0 Å². The van der Waals surface area contributed by atoms with Crippen LogP contribution in [-0.2, 0) is 12.0 Å². The van der Waals surface area contributed by atoms with E-state index in [2.05, 4.69) is 73.3 Å². The Labute approximate surface area is 132 Å². The SMILES string of the molecule is CN1C(=CC=NCc2ccccc2)C(C)(C)c2ccccc21. The van der Waals surface area contributed by atoms with E-state index in [1.54, 1.807) is 0 Å². The first-order valence-electron chi connectivity index (χ1n) is 7.68. The molecule has 0 aromatic heterocycles. The van der Waals surface area contributed by atoms with Gasteiger partial charge >= 0.3 is 0 Å². The fourth-order valence-electron chi connectivity index (χ4n) is 3.17. The van der Waals surface area contributed by atoms with Crippen LogP contribution in [0, 0.1) is 0 Å². The van der Waals surface area contributed by atoms with Gasteiger partial charge in [-0.25, -0.2) is 0 Å². The van der Waals surface area contributed by atoms with Gasteiger partial charge in [-0.1, -0.05) is 62.4 Å². The first kappa shape index (κ1) is 14.6. The Hall–Kier alpha value is -2.35. The van der Waals surface area contributed by atoms with Crippen molar-refractivity contribution in [1.29, 1.82) is 0 Å². The van der Waals surface area contributed by atoms with Crippen LogP contribution in [0.15, 0.2) is 71.4 Å². The van der Waals surface area contributed by atoms with Gasteiger partial charge < -0.3 is 4.90 Å². The summed E-state index contributed by atoms with van der Waals surface area (Å²) in [6, 6.07) is 18.9. The zero-order valence-electron chi connectivity index (χ0n) is 13.5. The smallest absolute Gasteiger partial charge is 0.0639 e. The molecular formula is C20H22N2. The monoisotopic (exact) mass is 290 g/mol. The number of nitrogens with zero attached hydrogens (tertiary/aromatic N) is 2. The molecule has 1 heterocycles. The van der Waals surface area contributed by atoms with Gasteiger partial charge in [0.1, 0.15) is 0 Å². The van der Waals surface area contributed by atoms with E-state index in [4.69, 9.17) is 0 Å². The molecule has 112 valence electrons. The summed E-state index contributed by atoms with van der Waals surface area (Å²) in [5.74, 6) is 0. The van der Waals surface area contributed by atoms with Gasteiger partial charge in [-0.3, -0.25) is 4.99 Å². The molecule has 0 bridgehead atoms. The zero-order chi connectivity index (χ0) is 15.6. The van der Waals surface area contributed by atoms with E-state index in [1.807, 2.05) is 24.4 Å². The number of hydrogen-bond donors (Lipinski definition) is 0. The fourth-order valence-corrected chi connectivity index (χ4v) is 3.17. The molecule has 0 amide bonds. The van der Waals surface area contributed by atoms with Crippen molar-refractivity contribution in [2.75, 3.05) is 11.9 Å². The van der Waals surface area contributed by atoms with E-state index in [0.29, 0.717) is 0 Å². The molecule has 0 atom stereocenters. The van der Waals surface area contributed by atoms with Crippen molar-refractivity contribution >= 4 is 11.9 Å². The van der Waals surface area contributed by atoms with Crippen LogP contribution in [-0.4, -0.2) is 13.3 Å². The summed E-state index contributed by atoms with van der Waals surface area (Å²) in [4.78, 5) is 6.81. The van der Waals surface area contributed by atoms with E-state index in [-0.39, 0.29) is 5.41 Å². The molecule has 0 aliphatic carbocycles. The van der Waals surface area contributed by atoms with Gasteiger partial charge in [-0.2, -0.15) is 0 Å². The Balaban J connectivity index is 1.80. The highest BCUT2D eigenvalue weighted by Crippen LogP contribution is 2.46. The van der Waals surface area contributed by atoms with Crippen LogP contribution in [0.4, 0.5) is 5.69 Å². The van der Waals surface area contributed by atoms with Gasteiger partial charge in [0.25, 0.3) is 0 Å². The molecule has 0 spiro atoms. The first-order valence-corrected chi connectivity index (χ1v) is 7.68. The van der Waals surface area contributed by atoms with E-state index in [0.717, 1.165) is 6.54 Å². The number of rotatable bonds is 3. The van der Waals surface area contributed by atoms with Gasteiger partial charge in [0.15, 0.2) is 0 Å². The van der Waals surface area contributed by atoms with Crippen LogP contribution in [0.5, 0.6) is 0 Å². The normalized spacial score (nSPS) is 18.1. The summed E-state index contributed by atoms with van der Waals surface area (Å²) >= 11 is 0. The lowest BCUT2D eigenvalue weighted by molar-refractivity contribution is 0.641. The van der Waals surface area contributed by atoms with Crippen molar-refractivity contribution < 1.29 is 0 Å². The molecule has 2 aromatic carbocycles. The van der Waals surface area contributed by atoms with Gasteiger partial charge in [-0.15, -0.1) is 0 Å². The molecule has 1 aliphatic heterocycles. The highest BCUT2D eigenvalue weighted by Gasteiger charge is 2.37. The molecule has 0 saturated carbocycles. The standard InChI is InChI=1S/C20H22N2/c1-20(2)17-11-7-8-12-18(17)22(3)19(20)13-14-21-15-16-9-5-4-6-10-16/h4-14H,15H2,1-3H3. The number of benzene rings is 2. The van der Waals surface area contributed by atoms with Gasteiger partial charge in [0.2, 0.25) is 0 Å². The van der Waals surface area contributed by atoms with Crippen molar-refractivity contribution in [1.82, 2.24) is 0 Å². The van der Waals surface area contributed by atoms with Gasteiger partial charge in [0.05, 0.1) is 6.54 Å². The molecule has 2 nitrogen and oxygen atoms in total. The summed E-state index contributed by atoms with van der Waals surface area (Å²) in [7, 11) is 2.13. The number of fused-ring (bicyclic) bond motifs is 1. The lowest BCUT2D eigenvalue weighted by Crippen LogP contribution is -2.23. The van der Waals surface area contributed by atoms with Gasteiger partial charge in [-0.05, 0) is 23.3 Å². The number of likely N-dealkylation sites (N-methyl/N-ethyl adjacent to an activating group) is 1. The van der Waals surface area contributed by atoms with E-state index < -0.39 is 0 Å². The Morgan fingerprint density at radius 3 is 2.41 bits per heavy atom. The number of aliphatic imine (C=N–C) groups is 1. The summed E-state index contributed by atoms with van der Waals surface area (Å²) in [6.45, 7) is 5.26. The molecule has 2 aromatic rings. The number of allylic oxidation sites excluding steroid dienone is 2. The van der Waals surface area contributed by atoms with Crippen molar-refractivity contribution in [2.45, 2.75) is 25.8 Å². The molecule has 1 aliphatic rings. The third kappa shape index (κ3) is 2.57. The van der Waals surface area contributed by atoms with Crippen molar-refractivity contribution in [2.24, 2.45) is 4.99 Å². The molecular weight excluding hydrogens is 268 g/mol. The second-order valence-electron chi connectivity index (χ2n) is 6.23. The highest BCUT2D eigenvalue weighted by molar-refractivity contribution is 5.79. The highest BCUT2D eigenvalue weighted by atomic mass is 15.2. The second-order valence-corrected chi connectivity index (χ2v) is 6.23. The Morgan fingerprint density at radius 1 is 1.00 bits per heavy atom. The molecule has 0 saturated heterocycles. The van der Waals surface area contributed by atoms with E-state index >= 15 is 0 Å². The molecule has 3 rings (SSSR count). The quantitative estimate of drug-likeness (QED) is 0.756. The number of hydrogen-bond acceptors (Lipinski definition) is 2. The van der Waals surface area contributed by atoms with Crippen molar-refractivity contribution in [3.05, 3.63) is 77.5 Å². The third-order valence-electron chi connectivity index (χ3n) is 4.39. The zero-order valence-corrected chi connectivity index (χ0v) is 13.5. The van der Waals surface area contributed by atoms with Crippen LogP contribution in [0.25, 0.3) is 0 Å². The maximum atomic E-state index is 4.54. The fraction of sp³-hybridized carbons (Fsp3) is 0.250. The Kier molecular flexibility index (Phi) is 3.84. The summed E-state index contributed by atoms with van der Waals surface area (Å²) in [6.07, 6.45) is 4.08. The Bertz CT molecular complexity index is 711. The van der Waals surface area contributed by atoms with Crippen LogP contribution in [0.3, 0.4) is 0 Å². The minimum absolute atomic E-state index is 0.0180. The first-order chi connectivity index (χ1) is 10.6. The molecule has 0 unspecified atom stereocenters. The predicted molar refractivity (Wildman–Crippen MR) is 94.6 cm³/mol. The number of para-hydroxylation sites is 1. The lowest BCUT2D eigenvalue weighted by Gasteiger charge is -2.23. The number of anilines is 1. The largest absolute Gasteiger partial charge is 0.347 e. The minimum Gasteiger partial charge on any atom is -0.347 e. The molecule has 22 heavy (non-hydrogen) atoms. The summed E-state index contributed by atoms with van der Waals surface area (Å²) in [5, 5.41) is 0. The van der Waals surface area contributed by atoms with Crippen LogP contribution in [0.1, 0.15) is 25.0 Å². The molecule has 0 fully saturated rings. The molecule has 0 radical (unpaired) electrons. The topological polar surface area (TPSA) is 15.6 Å². The van der Waals surface area contributed by atoms with Gasteiger partial charge in [0, 0.05) is 30.1 Å². The summed E-state index contributed by atoms with van der Waals surface area (Å²) in [5.41, 5.74) is 5.20. The van der Waals surface area contributed by atoms with E-state index in [1.165, 1.54) is 22.5 Å². The molecule has 2 heteroatoms. The maximum absolute atomic E-state index is 4.54. The predicted octanol–water partition coefficient (Wildman–Crippen LogP) is 4.57.